The van der Waals surface area contributed by atoms with E-state index >= 15 is 0 Å². The van der Waals surface area contributed by atoms with Crippen molar-refractivity contribution in [3.63, 3.8) is 0 Å². The first-order valence-corrected chi connectivity index (χ1v) is 6.60. The molecule has 98 valence electrons. The maximum absolute atomic E-state index is 11.7. The smallest absolute Gasteiger partial charge is 0.308 e. The van der Waals surface area contributed by atoms with Crippen LogP contribution in [0.25, 0.3) is 0 Å². The van der Waals surface area contributed by atoms with Gasteiger partial charge in [-0.05, 0) is 30.3 Å². The zero-order valence-corrected chi connectivity index (χ0v) is 10.7. The van der Waals surface area contributed by atoms with Gasteiger partial charge in [0.05, 0.1) is 4.90 Å². The first-order valence-electron chi connectivity index (χ1n) is 5.49. The van der Waals surface area contributed by atoms with Gasteiger partial charge in [0.25, 0.3) is 0 Å². The molecule has 0 aromatic heterocycles. The van der Waals surface area contributed by atoms with Crippen molar-refractivity contribution in [2.24, 2.45) is 0 Å². The fraction of sp³-hybridized carbons (Fsp3) is 0. The summed E-state index contributed by atoms with van der Waals surface area (Å²) < 4.78 is 19.9. The second-order valence-corrected chi connectivity index (χ2v) is 4.69. The highest BCUT2D eigenvalue weighted by Gasteiger charge is 2.05. The molecule has 2 rings (SSSR count). The van der Waals surface area contributed by atoms with Gasteiger partial charge in [0, 0.05) is 11.4 Å². The molecule has 2 amide bonds. The van der Waals surface area contributed by atoms with Crippen LogP contribution in [0.5, 0.6) is 0 Å². The minimum absolute atomic E-state index is 0.234. The van der Waals surface area contributed by atoms with E-state index in [1.807, 2.05) is 18.2 Å². The summed E-state index contributed by atoms with van der Waals surface area (Å²) >= 11 is -2.06. The number of urea groups is 1. The Morgan fingerprint density at radius 2 is 1.58 bits per heavy atom. The van der Waals surface area contributed by atoms with E-state index in [0.717, 1.165) is 0 Å². The van der Waals surface area contributed by atoms with Crippen molar-refractivity contribution < 1.29 is 13.6 Å². The van der Waals surface area contributed by atoms with Crippen LogP contribution in [-0.2, 0) is 11.1 Å². The molecule has 0 aliphatic heterocycles. The highest BCUT2D eigenvalue weighted by molar-refractivity contribution is 7.79. The normalized spacial score (nSPS) is 11.6. The molecule has 0 spiro atoms. The van der Waals surface area contributed by atoms with Crippen molar-refractivity contribution in [3.8, 4) is 0 Å². The van der Waals surface area contributed by atoms with Crippen LogP contribution in [0.15, 0.2) is 59.5 Å². The van der Waals surface area contributed by atoms with E-state index in [1.54, 1.807) is 24.3 Å². The number of anilines is 2. The molecule has 19 heavy (non-hydrogen) atoms. The molecule has 5 nitrogen and oxygen atoms in total. The molecular formula is C13H12N2O3S. The summed E-state index contributed by atoms with van der Waals surface area (Å²) in [6.07, 6.45) is 0. The van der Waals surface area contributed by atoms with E-state index in [0.29, 0.717) is 11.4 Å². The van der Waals surface area contributed by atoms with Crippen LogP contribution in [0.2, 0.25) is 0 Å². The Hall–Kier alpha value is -2.18. The van der Waals surface area contributed by atoms with Crippen LogP contribution in [0, 0.1) is 0 Å². The molecule has 0 bridgehead atoms. The summed E-state index contributed by atoms with van der Waals surface area (Å²) in [4.78, 5) is 11.9. The van der Waals surface area contributed by atoms with Gasteiger partial charge in [-0.25, -0.2) is 9.00 Å². The van der Waals surface area contributed by atoms with Crippen molar-refractivity contribution in [2.75, 3.05) is 10.6 Å². The molecule has 0 saturated heterocycles. The van der Waals surface area contributed by atoms with Gasteiger partial charge in [-0.3, -0.25) is 0 Å². The Morgan fingerprint density at radius 1 is 0.947 bits per heavy atom. The van der Waals surface area contributed by atoms with E-state index in [-0.39, 0.29) is 4.90 Å². The first kappa shape index (κ1) is 13.3. The standard InChI is InChI=1S/C13H12N2O3S/c16-13(14-10-5-2-1-3-6-10)15-11-7-4-8-12(9-11)19(17)18/h1-9H,(H,17,18)(H2,14,15,16). The second-order valence-electron chi connectivity index (χ2n) is 3.72. The highest BCUT2D eigenvalue weighted by Crippen LogP contribution is 2.13. The van der Waals surface area contributed by atoms with Gasteiger partial charge in [0.15, 0.2) is 11.1 Å². The fourth-order valence-corrected chi connectivity index (χ4v) is 1.92. The summed E-state index contributed by atoms with van der Waals surface area (Å²) in [7, 11) is 0. The fourth-order valence-electron chi connectivity index (χ4n) is 1.50. The molecule has 0 aliphatic rings. The molecule has 0 saturated carbocycles. The van der Waals surface area contributed by atoms with Crippen molar-refractivity contribution in [1.29, 1.82) is 0 Å². The minimum Gasteiger partial charge on any atom is -0.308 e. The van der Waals surface area contributed by atoms with Crippen LogP contribution >= 0.6 is 0 Å². The Labute approximate surface area is 112 Å². The van der Waals surface area contributed by atoms with Crippen molar-refractivity contribution in [3.05, 3.63) is 54.6 Å². The van der Waals surface area contributed by atoms with Gasteiger partial charge < -0.3 is 15.2 Å². The number of carbonyl (C=O) groups is 1. The van der Waals surface area contributed by atoms with E-state index in [2.05, 4.69) is 10.6 Å². The summed E-state index contributed by atoms with van der Waals surface area (Å²) in [6, 6.07) is 14.8. The molecule has 0 radical (unpaired) electrons. The van der Waals surface area contributed by atoms with Crippen LogP contribution in [0.1, 0.15) is 0 Å². The average molecular weight is 276 g/mol. The van der Waals surface area contributed by atoms with E-state index in [9.17, 15) is 9.00 Å². The lowest BCUT2D eigenvalue weighted by atomic mass is 10.3. The quantitative estimate of drug-likeness (QED) is 0.754. The van der Waals surface area contributed by atoms with Gasteiger partial charge in [0.1, 0.15) is 0 Å². The molecule has 1 atom stereocenters. The number of rotatable bonds is 3. The van der Waals surface area contributed by atoms with Crippen molar-refractivity contribution >= 4 is 28.5 Å². The minimum atomic E-state index is -2.06. The molecule has 6 heteroatoms. The predicted molar refractivity (Wildman–Crippen MR) is 74.6 cm³/mol. The lowest BCUT2D eigenvalue weighted by Crippen LogP contribution is -2.19. The zero-order valence-electron chi connectivity index (χ0n) is 9.87. The van der Waals surface area contributed by atoms with Crippen molar-refractivity contribution in [1.82, 2.24) is 0 Å². The summed E-state index contributed by atoms with van der Waals surface area (Å²) in [5.74, 6) is 0. The Morgan fingerprint density at radius 3 is 2.26 bits per heavy atom. The number of hydrogen-bond donors (Lipinski definition) is 3. The number of amides is 2. The second kappa shape index (κ2) is 6.12. The summed E-state index contributed by atoms with van der Waals surface area (Å²) in [5.41, 5.74) is 1.12. The number of nitrogens with one attached hydrogen (secondary N) is 2. The van der Waals surface area contributed by atoms with E-state index < -0.39 is 17.1 Å². The highest BCUT2D eigenvalue weighted by atomic mass is 32.2. The Balaban J connectivity index is 2.03. The number of para-hydroxylation sites is 1. The van der Waals surface area contributed by atoms with Crippen LogP contribution in [-0.4, -0.2) is 14.8 Å². The average Bonchev–Trinajstić information content (AvgIpc) is 2.40. The molecule has 0 fully saturated rings. The molecular weight excluding hydrogens is 264 g/mol. The lowest BCUT2D eigenvalue weighted by Gasteiger charge is -2.08. The van der Waals surface area contributed by atoms with Crippen LogP contribution in [0.4, 0.5) is 16.2 Å². The van der Waals surface area contributed by atoms with Crippen LogP contribution < -0.4 is 10.6 Å². The van der Waals surface area contributed by atoms with Gasteiger partial charge in [0.2, 0.25) is 0 Å². The van der Waals surface area contributed by atoms with Crippen LogP contribution in [0.3, 0.4) is 0 Å². The number of carbonyl (C=O) groups excluding carboxylic acids is 1. The molecule has 0 aliphatic carbocycles. The predicted octanol–water partition coefficient (Wildman–Crippen LogP) is 2.91. The lowest BCUT2D eigenvalue weighted by molar-refractivity contribution is 0.262. The molecule has 3 N–H and O–H groups in total. The Bertz CT molecular complexity index is 602. The maximum atomic E-state index is 11.7. The number of hydrogen-bond acceptors (Lipinski definition) is 2. The molecule has 0 heterocycles. The largest absolute Gasteiger partial charge is 0.323 e. The third kappa shape index (κ3) is 3.90. The number of benzene rings is 2. The molecule has 2 aromatic carbocycles. The van der Waals surface area contributed by atoms with Gasteiger partial charge in [-0.2, -0.15) is 0 Å². The summed E-state index contributed by atoms with van der Waals surface area (Å²) in [6.45, 7) is 0. The first-order chi connectivity index (χ1) is 9.15. The van der Waals surface area contributed by atoms with E-state index in [4.69, 9.17) is 4.55 Å². The molecule has 1 unspecified atom stereocenters. The van der Waals surface area contributed by atoms with E-state index in [1.165, 1.54) is 12.1 Å². The zero-order chi connectivity index (χ0) is 13.7. The Kier molecular flexibility index (Phi) is 4.27. The monoisotopic (exact) mass is 276 g/mol. The summed E-state index contributed by atoms with van der Waals surface area (Å²) in [5, 5.41) is 5.24. The van der Waals surface area contributed by atoms with Crippen molar-refractivity contribution in [2.45, 2.75) is 4.90 Å². The maximum Gasteiger partial charge on any atom is 0.323 e. The van der Waals surface area contributed by atoms with Gasteiger partial charge in [-0.1, -0.05) is 24.3 Å². The third-order valence-electron chi connectivity index (χ3n) is 2.33. The van der Waals surface area contributed by atoms with Gasteiger partial charge >= 0.3 is 6.03 Å². The third-order valence-corrected chi connectivity index (χ3v) is 2.98. The topological polar surface area (TPSA) is 78.4 Å². The van der Waals surface area contributed by atoms with Gasteiger partial charge in [-0.15, -0.1) is 0 Å². The molecule has 2 aromatic rings. The SMILES string of the molecule is O=C(Nc1ccccc1)Nc1cccc(S(=O)O)c1.